The van der Waals surface area contributed by atoms with E-state index < -0.39 is 0 Å². The molecular weight excluding hydrogens is 362 g/mol. The molecule has 0 aliphatic rings. The molecule has 3 rings (SSSR count). The van der Waals surface area contributed by atoms with E-state index in [-0.39, 0.29) is 24.9 Å². The highest BCUT2D eigenvalue weighted by molar-refractivity contribution is 5.95. The van der Waals surface area contributed by atoms with Gasteiger partial charge in [-0.15, -0.1) is 0 Å². The maximum Gasteiger partial charge on any atom is 0.243 e. The second kappa shape index (κ2) is 9.55. The summed E-state index contributed by atoms with van der Waals surface area (Å²) in [7, 11) is 1.63. The fraction of sp³-hybridized carbons (Fsp3) is 0.167. The van der Waals surface area contributed by atoms with Crippen LogP contribution < -0.4 is 10.6 Å². The Morgan fingerprint density at radius 2 is 1.52 bits per heavy atom. The molecule has 0 unspecified atom stereocenters. The quantitative estimate of drug-likeness (QED) is 0.640. The summed E-state index contributed by atoms with van der Waals surface area (Å²) in [4.78, 5) is 26.1. The van der Waals surface area contributed by atoms with Crippen LogP contribution in [0.4, 0.5) is 11.4 Å². The Morgan fingerprint density at radius 1 is 0.862 bits per heavy atom. The minimum atomic E-state index is -0.227. The van der Waals surface area contributed by atoms with E-state index >= 15 is 0 Å². The van der Waals surface area contributed by atoms with Gasteiger partial charge in [-0.05, 0) is 30.7 Å². The molecule has 0 aliphatic carbocycles. The van der Waals surface area contributed by atoms with E-state index in [0.717, 1.165) is 28.1 Å². The molecule has 0 aromatic heterocycles. The third-order valence-electron chi connectivity index (χ3n) is 4.58. The second-order valence-electron chi connectivity index (χ2n) is 6.93. The number of aryl methyl sites for hydroxylation is 1. The van der Waals surface area contributed by atoms with Crippen LogP contribution in [0.5, 0.6) is 0 Å². The van der Waals surface area contributed by atoms with Gasteiger partial charge in [0.25, 0.3) is 0 Å². The zero-order chi connectivity index (χ0) is 20.6. The highest BCUT2D eigenvalue weighted by atomic mass is 16.2. The van der Waals surface area contributed by atoms with Gasteiger partial charge in [0.2, 0.25) is 11.8 Å². The van der Waals surface area contributed by atoms with Gasteiger partial charge in [-0.2, -0.15) is 0 Å². The van der Waals surface area contributed by atoms with Gasteiger partial charge in [-0.1, -0.05) is 66.2 Å². The van der Waals surface area contributed by atoms with E-state index in [0.29, 0.717) is 0 Å². The predicted molar refractivity (Wildman–Crippen MR) is 118 cm³/mol. The van der Waals surface area contributed by atoms with Crippen molar-refractivity contribution in [3.05, 3.63) is 84.4 Å². The highest BCUT2D eigenvalue weighted by Gasteiger charge is 2.14. The van der Waals surface area contributed by atoms with Crippen molar-refractivity contribution in [3.63, 3.8) is 0 Å². The van der Waals surface area contributed by atoms with Gasteiger partial charge >= 0.3 is 0 Å². The first-order valence-corrected chi connectivity index (χ1v) is 9.52. The smallest absolute Gasteiger partial charge is 0.243 e. The van der Waals surface area contributed by atoms with Crippen molar-refractivity contribution in [1.82, 2.24) is 4.90 Å². The third kappa shape index (κ3) is 5.69. The minimum Gasteiger partial charge on any atom is -0.376 e. The van der Waals surface area contributed by atoms with Gasteiger partial charge in [0.05, 0.1) is 13.1 Å². The van der Waals surface area contributed by atoms with Crippen molar-refractivity contribution < 1.29 is 9.59 Å². The average Bonchev–Trinajstić information content (AvgIpc) is 2.74. The average molecular weight is 387 g/mol. The summed E-state index contributed by atoms with van der Waals surface area (Å²) in [5.41, 5.74) is 4.83. The number of nitrogens with one attached hydrogen (secondary N) is 2. The number of anilines is 2. The Hall–Kier alpha value is -3.60. The van der Waals surface area contributed by atoms with E-state index in [9.17, 15) is 9.59 Å². The molecule has 0 fully saturated rings. The Morgan fingerprint density at radius 3 is 2.24 bits per heavy atom. The number of carbonyl (C=O) groups excluding carboxylic acids is 2. The fourth-order valence-electron chi connectivity index (χ4n) is 2.95. The monoisotopic (exact) mass is 387 g/mol. The molecule has 148 valence electrons. The van der Waals surface area contributed by atoms with Crippen molar-refractivity contribution in [3.8, 4) is 11.1 Å². The molecule has 2 amide bonds. The van der Waals surface area contributed by atoms with E-state index in [4.69, 9.17) is 0 Å². The van der Waals surface area contributed by atoms with Gasteiger partial charge in [0, 0.05) is 24.0 Å². The molecule has 29 heavy (non-hydrogen) atoms. The number of carbonyl (C=O) groups is 2. The number of hydrogen-bond acceptors (Lipinski definition) is 3. The largest absolute Gasteiger partial charge is 0.376 e. The lowest BCUT2D eigenvalue weighted by atomic mass is 10.0. The minimum absolute atomic E-state index is 0.00524. The molecule has 0 spiro atoms. The molecule has 0 heterocycles. The van der Waals surface area contributed by atoms with Crippen molar-refractivity contribution in [2.24, 2.45) is 0 Å². The highest BCUT2D eigenvalue weighted by Crippen LogP contribution is 2.27. The van der Waals surface area contributed by atoms with Crippen LogP contribution in [0.1, 0.15) is 5.56 Å². The molecule has 0 bridgehead atoms. The number of likely N-dealkylation sites (N-methyl/N-ethyl adjacent to an activating group) is 1. The number of nitrogens with zero attached hydrogens (tertiary/aromatic N) is 1. The van der Waals surface area contributed by atoms with Crippen molar-refractivity contribution in [1.29, 1.82) is 0 Å². The first-order valence-electron chi connectivity index (χ1n) is 9.52. The van der Waals surface area contributed by atoms with E-state index in [2.05, 4.69) is 10.6 Å². The second-order valence-corrected chi connectivity index (χ2v) is 6.93. The molecule has 5 heteroatoms. The van der Waals surface area contributed by atoms with Crippen molar-refractivity contribution in [2.75, 3.05) is 30.8 Å². The Kier molecular flexibility index (Phi) is 6.63. The summed E-state index contributed by atoms with van der Waals surface area (Å²) in [6.45, 7) is 2.09. The van der Waals surface area contributed by atoms with Gasteiger partial charge in [-0.25, -0.2) is 0 Å². The van der Waals surface area contributed by atoms with Crippen LogP contribution in [0.15, 0.2) is 78.9 Å². The van der Waals surface area contributed by atoms with Gasteiger partial charge in [0.15, 0.2) is 0 Å². The number of benzene rings is 3. The molecule has 0 aliphatic heterocycles. The van der Waals surface area contributed by atoms with Crippen molar-refractivity contribution >= 4 is 23.2 Å². The number of para-hydroxylation sites is 1. The summed E-state index contributed by atoms with van der Waals surface area (Å²) in [5.74, 6) is -0.388. The Labute approximate surface area is 171 Å². The van der Waals surface area contributed by atoms with Crippen LogP contribution in [0.3, 0.4) is 0 Å². The summed E-state index contributed by atoms with van der Waals surface area (Å²) in [6, 6.07) is 25.4. The molecule has 5 nitrogen and oxygen atoms in total. The zero-order valence-electron chi connectivity index (χ0n) is 16.7. The van der Waals surface area contributed by atoms with Gasteiger partial charge in [-0.3, -0.25) is 9.59 Å². The molecular formula is C24H25N3O2. The molecule has 3 aromatic carbocycles. The molecule has 0 saturated carbocycles. The van der Waals surface area contributed by atoms with Crippen LogP contribution >= 0.6 is 0 Å². The lowest BCUT2D eigenvalue weighted by molar-refractivity contribution is -0.131. The zero-order valence-corrected chi connectivity index (χ0v) is 16.7. The maximum absolute atomic E-state index is 12.5. The first kappa shape index (κ1) is 20.1. The van der Waals surface area contributed by atoms with Gasteiger partial charge < -0.3 is 15.5 Å². The van der Waals surface area contributed by atoms with E-state index in [1.165, 1.54) is 4.90 Å². The third-order valence-corrected chi connectivity index (χ3v) is 4.58. The normalized spacial score (nSPS) is 10.3. The molecule has 0 radical (unpaired) electrons. The first-order chi connectivity index (χ1) is 14.0. The molecule has 0 atom stereocenters. The fourth-order valence-corrected chi connectivity index (χ4v) is 2.95. The Bertz CT molecular complexity index is 969. The van der Waals surface area contributed by atoms with E-state index in [1.54, 1.807) is 7.05 Å². The SMILES string of the molecule is Cc1ccc(NC(=O)CN(C)C(=O)CNc2ccccc2-c2ccccc2)cc1. The predicted octanol–water partition coefficient (Wildman–Crippen LogP) is 4.17. The number of rotatable bonds is 7. The van der Waals surface area contributed by atoms with E-state index in [1.807, 2.05) is 85.8 Å². The molecule has 3 aromatic rings. The summed E-state index contributed by atoms with van der Waals surface area (Å²) in [5, 5.41) is 6.00. The van der Waals surface area contributed by atoms with Crippen LogP contribution in [0, 0.1) is 6.92 Å². The lowest BCUT2D eigenvalue weighted by Gasteiger charge is -2.18. The number of amides is 2. The van der Waals surface area contributed by atoms with Gasteiger partial charge in [0.1, 0.15) is 0 Å². The van der Waals surface area contributed by atoms with Crippen LogP contribution in [0.2, 0.25) is 0 Å². The maximum atomic E-state index is 12.5. The van der Waals surface area contributed by atoms with Crippen LogP contribution in [-0.4, -0.2) is 36.9 Å². The summed E-state index contributed by atoms with van der Waals surface area (Å²) < 4.78 is 0. The molecule has 0 saturated heterocycles. The summed E-state index contributed by atoms with van der Waals surface area (Å²) in [6.07, 6.45) is 0. The van der Waals surface area contributed by atoms with Crippen LogP contribution in [0.25, 0.3) is 11.1 Å². The van der Waals surface area contributed by atoms with Crippen LogP contribution in [-0.2, 0) is 9.59 Å². The standard InChI is InChI=1S/C24H25N3O2/c1-18-12-14-20(15-13-18)26-23(28)17-27(2)24(29)16-25-22-11-7-6-10-21(22)19-8-4-3-5-9-19/h3-15,25H,16-17H2,1-2H3,(H,26,28). The Balaban J connectivity index is 1.55. The number of hydrogen-bond donors (Lipinski definition) is 2. The summed E-state index contributed by atoms with van der Waals surface area (Å²) >= 11 is 0. The topological polar surface area (TPSA) is 61.4 Å². The molecule has 2 N–H and O–H groups in total. The van der Waals surface area contributed by atoms with Crippen molar-refractivity contribution in [2.45, 2.75) is 6.92 Å². The lowest BCUT2D eigenvalue weighted by Crippen LogP contribution is -2.38.